The molecule has 3 nitrogen and oxygen atoms in total. The summed E-state index contributed by atoms with van der Waals surface area (Å²) in [5.74, 6) is 0.589. The van der Waals surface area contributed by atoms with Crippen molar-refractivity contribution in [2.45, 2.75) is 57.4 Å². The lowest BCUT2D eigenvalue weighted by Crippen LogP contribution is -2.35. The van der Waals surface area contributed by atoms with Gasteiger partial charge in [0.15, 0.2) is 9.84 Å². The van der Waals surface area contributed by atoms with Gasteiger partial charge in [-0.3, -0.25) is 0 Å². The molecule has 0 aliphatic carbocycles. The van der Waals surface area contributed by atoms with Gasteiger partial charge >= 0.3 is 0 Å². The molecule has 0 heterocycles. The maximum absolute atomic E-state index is 12.4. The molecule has 4 heteroatoms. The summed E-state index contributed by atoms with van der Waals surface area (Å²) in [7, 11) is -3.21. The highest BCUT2D eigenvalue weighted by atomic mass is 32.2. The van der Waals surface area contributed by atoms with Crippen molar-refractivity contribution in [3.63, 3.8) is 0 Å². The average Bonchev–Trinajstić information content (AvgIpc) is 2.43. The van der Waals surface area contributed by atoms with Crippen LogP contribution in [0.2, 0.25) is 0 Å². The van der Waals surface area contributed by atoms with Crippen LogP contribution in [0.4, 0.5) is 0 Å². The van der Waals surface area contributed by atoms with E-state index in [0.717, 1.165) is 19.4 Å². The van der Waals surface area contributed by atoms with E-state index in [2.05, 4.69) is 26.1 Å². The van der Waals surface area contributed by atoms with Gasteiger partial charge in [-0.25, -0.2) is 8.42 Å². The van der Waals surface area contributed by atoms with Crippen molar-refractivity contribution in [3.8, 4) is 0 Å². The van der Waals surface area contributed by atoms with Gasteiger partial charge in [0.1, 0.15) is 0 Å². The second kappa shape index (κ2) is 7.79. The largest absolute Gasteiger partial charge is 0.313 e. The third-order valence-corrected chi connectivity index (χ3v) is 5.33. The van der Waals surface area contributed by atoms with E-state index in [9.17, 15) is 8.42 Å². The average molecular weight is 297 g/mol. The molecule has 1 atom stereocenters. The minimum absolute atomic E-state index is 0.0322. The molecule has 0 spiro atoms. The SMILES string of the molecule is CCCNC(CC)CS(=O)(=O)c1ccc(C(C)C)cc1. The van der Waals surface area contributed by atoms with Crippen molar-refractivity contribution in [2.24, 2.45) is 0 Å². The van der Waals surface area contributed by atoms with E-state index in [1.165, 1.54) is 5.56 Å². The Bertz CT molecular complexity index is 492. The molecule has 0 aliphatic heterocycles. The quantitative estimate of drug-likeness (QED) is 0.800. The maximum Gasteiger partial charge on any atom is 0.179 e. The Morgan fingerprint density at radius 1 is 1.10 bits per heavy atom. The first-order valence-corrected chi connectivity index (χ1v) is 9.12. The number of rotatable bonds is 8. The third-order valence-electron chi connectivity index (χ3n) is 3.50. The molecule has 1 unspecified atom stereocenters. The van der Waals surface area contributed by atoms with Gasteiger partial charge in [0.05, 0.1) is 10.6 Å². The zero-order valence-corrected chi connectivity index (χ0v) is 13.8. The Labute approximate surface area is 123 Å². The number of sulfone groups is 1. The number of nitrogens with one attached hydrogen (secondary N) is 1. The minimum Gasteiger partial charge on any atom is -0.313 e. The van der Waals surface area contributed by atoms with Gasteiger partial charge in [-0.05, 0) is 43.0 Å². The zero-order chi connectivity index (χ0) is 15.2. The van der Waals surface area contributed by atoms with Crippen LogP contribution < -0.4 is 5.32 Å². The van der Waals surface area contributed by atoms with E-state index in [1.54, 1.807) is 12.1 Å². The molecule has 1 rings (SSSR count). The summed E-state index contributed by atoms with van der Waals surface area (Å²) < 4.78 is 24.8. The Morgan fingerprint density at radius 2 is 1.70 bits per heavy atom. The Kier molecular flexibility index (Phi) is 6.69. The summed E-state index contributed by atoms with van der Waals surface area (Å²) >= 11 is 0. The zero-order valence-electron chi connectivity index (χ0n) is 13.0. The number of hydrogen-bond acceptors (Lipinski definition) is 3. The van der Waals surface area contributed by atoms with Crippen molar-refractivity contribution >= 4 is 9.84 Å². The van der Waals surface area contributed by atoms with Gasteiger partial charge in [0.2, 0.25) is 0 Å². The highest BCUT2D eigenvalue weighted by Gasteiger charge is 2.19. The summed E-state index contributed by atoms with van der Waals surface area (Å²) in [5.41, 5.74) is 1.17. The number of benzene rings is 1. The van der Waals surface area contributed by atoms with Crippen LogP contribution in [0, 0.1) is 0 Å². The Hall–Kier alpha value is -0.870. The fraction of sp³-hybridized carbons (Fsp3) is 0.625. The summed E-state index contributed by atoms with van der Waals surface area (Å²) in [6.07, 6.45) is 1.84. The second-order valence-electron chi connectivity index (χ2n) is 5.56. The molecule has 1 N–H and O–H groups in total. The maximum atomic E-state index is 12.4. The van der Waals surface area contributed by atoms with Crippen LogP contribution in [0.15, 0.2) is 29.2 Å². The first-order valence-electron chi connectivity index (χ1n) is 7.46. The lowest BCUT2D eigenvalue weighted by atomic mass is 10.0. The predicted octanol–water partition coefficient (Wildman–Crippen LogP) is 3.36. The summed E-state index contributed by atoms with van der Waals surface area (Å²) in [6.45, 7) is 9.17. The van der Waals surface area contributed by atoms with E-state index >= 15 is 0 Å². The van der Waals surface area contributed by atoms with E-state index in [0.29, 0.717) is 10.8 Å². The predicted molar refractivity (Wildman–Crippen MR) is 85.0 cm³/mol. The molecule has 0 saturated heterocycles. The van der Waals surface area contributed by atoms with Crippen LogP contribution >= 0.6 is 0 Å². The molecular formula is C16H27NO2S. The monoisotopic (exact) mass is 297 g/mol. The summed E-state index contributed by atoms with van der Waals surface area (Å²) in [4.78, 5) is 0.429. The van der Waals surface area contributed by atoms with Crippen LogP contribution in [0.3, 0.4) is 0 Å². The van der Waals surface area contributed by atoms with Crippen LogP contribution in [-0.2, 0) is 9.84 Å². The fourth-order valence-corrected chi connectivity index (χ4v) is 3.72. The van der Waals surface area contributed by atoms with Crippen molar-refractivity contribution in [1.82, 2.24) is 5.32 Å². The molecule has 20 heavy (non-hydrogen) atoms. The van der Waals surface area contributed by atoms with Gasteiger partial charge in [0.25, 0.3) is 0 Å². The van der Waals surface area contributed by atoms with Crippen LogP contribution in [0.25, 0.3) is 0 Å². The molecule has 0 aromatic heterocycles. The van der Waals surface area contributed by atoms with Gasteiger partial charge in [0, 0.05) is 6.04 Å². The molecular weight excluding hydrogens is 270 g/mol. The smallest absolute Gasteiger partial charge is 0.179 e. The lowest BCUT2D eigenvalue weighted by molar-refractivity contribution is 0.519. The fourth-order valence-electron chi connectivity index (χ4n) is 2.09. The topological polar surface area (TPSA) is 46.2 Å². The van der Waals surface area contributed by atoms with Gasteiger partial charge in [-0.15, -0.1) is 0 Å². The molecule has 0 aliphatic rings. The molecule has 0 fully saturated rings. The highest BCUT2D eigenvalue weighted by molar-refractivity contribution is 7.91. The van der Waals surface area contributed by atoms with E-state index in [1.807, 2.05) is 19.1 Å². The van der Waals surface area contributed by atoms with Crippen molar-refractivity contribution in [1.29, 1.82) is 0 Å². The van der Waals surface area contributed by atoms with Crippen molar-refractivity contribution in [2.75, 3.05) is 12.3 Å². The first kappa shape index (κ1) is 17.2. The van der Waals surface area contributed by atoms with E-state index in [-0.39, 0.29) is 11.8 Å². The number of hydrogen-bond donors (Lipinski definition) is 1. The molecule has 0 amide bonds. The molecule has 114 valence electrons. The van der Waals surface area contributed by atoms with E-state index < -0.39 is 9.84 Å². The van der Waals surface area contributed by atoms with Crippen LogP contribution in [0.1, 0.15) is 52.0 Å². The van der Waals surface area contributed by atoms with Crippen molar-refractivity contribution < 1.29 is 8.42 Å². The van der Waals surface area contributed by atoms with Gasteiger partial charge < -0.3 is 5.32 Å². The van der Waals surface area contributed by atoms with Crippen LogP contribution in [-0.4, -0.2) is 26.8 Å². The normalized spacial score (nSPS) is 13.7. The van der Waals surface area contributed by atoms with Crippen LogP contribution in [0.5, 0.6) is 0 Å². The standard InChI is InChI=1S/C16H27NO2S/c1-5-11-17-15(6-2)12-20(18,19)16-9-7-14(8-10-16)13(3)4/h7-10,13,15,17H,5-6,11-12H2,1-4H3. The summed E-state index contributed by atoms with van der Waals surface area (Å²) in [5, 5.41) is 3.30. The molecule has 1 aromatic rings. The Balaban J connectivity index is 2.81. The third kappa shape index (κ3) is 4.91. The van der Waals surface area contributed by atoms with Gasteiger partial charge in [-0.2, -0.15) is 0 Å². The lowest BCUT2D eigenvalue weighted by Gasteiger charge is -2.17. The molecule has 0 bridgehead atoms. The summed E-state index contributed by atoms with van der Waals surface area (Å²) in [6, 6.07) is 7.33. The highest BCUT2D eigenvalue weighted by Crippen LogP contribution is 2.19. The molecule has 0 saturated carbocycles. The van der Waals surface area contributed by atoms with Crippen molar-refractivity contribution in [3.05, 3.63) is 29.8 Å². The molecule has 0 radical (unpaired) electrons. The molecule has 1 aromatic carbocycles. The first-order chi connectivity index (χ1) is 9.40. The van der Waals surface area contributed by atoms with Gasteiger partial charge in [-0.1, -0.05) is 39.8 Å². The van der Waals surface area contributed by atoms with E-state index in [4.69, 9.17) is 0 Å². The minimum atomic E-state index is -3.21. The Morgan fingerprint density at radius 3 is 2.15 bits per heavy atom. The second-order valence-corrected chi connectivity index (χ2v) is 7.60.